The van der Waals surface area contributed by atoms with Crippen molar-refractivity contribution in [1.82, 2.24) is 19.9 Å². The van der Waals surface area contributed by atoms with Gasteiger partial charge in [0, 0.05) is 61.6 Å². The summed E-state index contributed by atoms with van der Waals surface area (Å²) in [5.74, 6) is -0.384. The molecule has 0 radical (unpaired) electrons. The van der Waals surface area contributed by atoms with Crippen LogP contribution in [0.15, 0.2) is 91.3 Å². The van der Waals surface area contributed by atoms with Gasteiger partial charge in [-0.1, -0.05) is 98.0 Å². The van der Waals surface area contributed by atoms with E-state index in [0.717, 1.165) is 35.0 Å². The van der Waals surface area contributed by atoms with Gasteiger partial charge in [-0.2, -0.15) is 5.26 Å². The Labute approximate surface area is 335 Å². The number of rotatable bonds is 8. The lowest BCUT2D eigenvalue weighted by Crippen LogP contribution is -2.47. The van der Waals surface area contributed by atoms with Gasteiger partial charge in [-0.3, -0.25) is 9.59 Å². The molecule has 0 bridgehead atoms. The highest BCUT2D eigenvalue weighted by Crippen LogP contribution is 2.43. The van der Waals surface area contributed by atoms with Crippen molar-refractivity contribution < 1.29 is 9.59 Å². The number of amides is 2. The molecule has 1 aliphatic rings. The molecule has 1 fully saturated rings. The van der Waals surface area contributed by atoms with Crippen molar-refractivity contribution in [3.63, 3.8) is 0 Å². The predicted molar refractivity (Wildman–Crippen MR) is 222 cm³/mol. The zero-order chi connectivity index (χ0) is 39.0. The number of carbonyl (C=O) groups is 2. The van der Waals surface area contributed by atoms with Crippen molar-refractivity contribution in [3.8, 4) is 28.6 Å². The number of halogens is 3. The first-order valence-corrected chi connectivity index (χ1v) is 19.3. The molecule has 55 heavy (non-hydrogen) atoms. The van der Waals surface area contributed by atoms with Crippen molar-refractivity contribution in [1.29, 1.82) is 5.26 Å². The van der Waals surface area contributed by atoms with Crippen LogP contribution in [0.25, 0.3) is 33.4 Å². The maximum absolute atomic E-state index is 14.8. The van der Waals surface area contributed by atoms with Gasteiger partial charge in [0.2, 0.25) is 5.91 Å². The summed E-state index contributed by atoms with van der Waals surface area (Å²) in [4.78, 5) is 38.0. The van der Waals surface area contributed by atoms with Gasteiger partial charge in [0.1, 0.15) is 5.69 Å². The van der Waals surface area contributed by atoms with E-state index in [0.29, 0.717) is 67.6 Å². The van der Waals surface area contributed by atoms with E-state index in [1.165, 1.54) is 0 Å². The number of benzene rings is 4. The molecule has 2 aromatic heterocycles. The molecule has 1 saturated heterocycles. The Kier molecular flexibility index (Phi) is 10.7. The maximum Gasteiger partial charge on any atom is 0.272 e. The number of aromatic nitrogens is 3. The zero-order valence-electron chi connectivity index (χ0n) is 30.9. The van der Waals surface area contributed by atoms with Crippen LogP contribution >= 0.6 is 34.8 Å². The molecule has 280 valence electrons. The van der Waals surface area contributed by atoms with Crippen molar-refractivity contribution >= 4 is 68.9 Å². The van der Waals surface area contributed by atoms with Gasteiger partial charge in [0.05, 0.1) is 46.8 Å². The Morgan fingerprint density at radius 3 is 2.35 bits per heavy atom. The summed E-state index contributed by atoms with van der Waals surface area (Å²) in [5.41, 5.74) is 5.89. The van der Waals surface area contributed by atoms with E-state index < -0.39 is 11.3 Å². The topological polar surface area (TPSA) is 119 Å². The van der Waals surface area contributed by atoms with Crippen LogP contribution in [0.1, 0.15) is 68.2 Å². The standard InChI is InChI=1S/C43H40Cl3N7O2/c1-25(31-13-11-28(44)21-33(31)46)53-24-48-38(27-8-6-5-7-9-27)40(53)37-32-14-12-29(45)22-34(32)50-39(37)41(54)51-35-20-26(23-47)10-15-36(35)52-18-16-30(17-19-52)49-42(55)43(2,3)4/h5-15,20-22,24-25,30,50H,16-19H2,1-4H3,(H,49,55)(H,51,54). The first-order chi connectivity index (χ1) is 26.3. The van der Waals surface area contributed by atoms with Crippen LogP contribution in [0.2, 0.25) is 15.1 Å². The summed E-state index contributed by atoms with van der Waals surface area (Å²) >= 11 is 19.6. The molecule has 0 spiro atoms. The second kappa shape index (κ2) is 15.5. The number of nitrogens with one attached hydrogen (secondary N) is 3. The molecule has 1 unspecified atom stereocenters. The molecule has 0 saturated carbocycles. The largest absolute Gasteiger partial charge is 0.370 e. The smallest absolute Gasteiger partial charge is 0.272 e. The number of piperidine rings is 1. The highest BCUT2D eigenvalue weighted by molar-refractivity contribution is 6.35. The fourth-order valence-corrected chi connectivity index (χ4v) is 7.86. The molecule has 1 atom stereocenters. The van der Waals surface area contributed by atoms with Gasteiger partial charge in [0.25, 0.3) is 5.91 Å². The molecule has 0 aliphatic carbocycles. The number of imidazole rings is 1. The number of nitrogens with zero attached hydrogens (tertiary/aromatic N) is 4. The SMILES string of the molecule is CC(c1ccc(Cl)cc1Cl)n1cnc(-c2ccccc2)c1-c1c(C(=O)Nc2cc(C#N)ccc2N2CCC(NC(=O)C(C)(C)C)CC2)[nH]c2cc(Cl)ccc12. The lowest BCUT2D eigenvalue weighted by molar-refractivity contribution is -0.129. The summed E-state index contributed by atoms with van der Waals surface area (Å²) in [5, 5.41) is 18.5. The number of carbonyl (C=O) groups excluding carboxylic acids is 2. The Morgan fingerprint density at radius 2 is 1.65 bits per heavy atom. The van der Waals surface area contributed by atoms with E-state index in [9.17, 15) is 14.9 Å². The maximum atomic E-state index is 14.8. The second-order valence-corrected chi connectivity index (χ2v) is 16.2. The summed E-state index contributed by atoms with van der Waals surface area (Å²) in [7, 11) is 0. The van der Waals surface area contributed by atoms with Crippen LogP contribution < -0.4 is 15.5 Å². The monoisotopic (exact) mass is 791 g/mol. The quantitative estimate of drug-likeness (QED) is 0.142. The van der Waals surface area contributed by atoms with Crippen molar-refractivity contribution in [2.75, 3.05) is 23.3 Å². The number of hydrogen-bond acceptors (Lipinski definition) is 5. The minimum Gasteiger partial charge on any atom is -0.370 e. The second-order valence-electron chi connectivity index (χ2n) is 14.9. The fraction of sp³-hybridized carbons (Fsp3) is 0.256. The Bertz CT molecular complexity index is 2450. The van der Waals surface area contributed by atoms with Crippen LogP contribution in [-0.2, 0) is 4.79 Å². The first kappa shape index (κ1) is 38.0. The molecule has 7 rings (SSSR count). The molecular formula is C43H40Cl3N7O2. The third-order valence-corrected chi connectivity index (χ3v) is 10.9. The highest BCUT2D eigenvalue weighted by atomic mass is 35.5. The minimum atomic E-state index is -0.477. The van der Waals surface area contributed by atoms with E-state index in [1.807, 2.05) is 80.8 Å². The number of hydrogen-bond donors (Lipinski definition) is 3. The van der Waals surface area contributed by atoms with E-state index in [4.69, 9.17) is 39.8 Å². The molecule has 4 aromatic carbocycles. The molecule has 6 aromatic rings. The molecule has 3 heterocycles. The number of aromatic amines is 1. The third kappa shape index (κ3) is 7.81. The Balaban J connectivity index is 1.32. The average molecular weight is 793 g/mol. The van der Waals surface area contributed by atoms with Gasteiger partial charge in [-0.15, -0.1) is 0 Å². The molecule has 3 N–H and O–H groups in total. The van der Waals surface area contributed by atoms with Crippen LogP contribution in [-0.4, -0.2) is 45.5 Å². The lowest BCUT2D eigenvalue weighted by atomic mass is 9.94. The highest BCUT2D eigenvalue weighted by Gasteiger charge is 2.30. The van der Waals surface area contributed by atoms with Crippen LogP contribution in [0, 0.1) is 16.7 Å². The molecule has 2 amide bonds. The molecule has 1 aliphatic heterocycles. The Hall–Kier alpha value is -5.27. The van der Waals surface area contributed by atoms with Gasteiger partial charge < -0.3 is 25.1 Å². The number of nitriles is 1. The van der Waals surface area contributed by atoms with E-state index in [2.05, 4.69) is 26.6 Å². The fourth-order valence-electron chi connectivity index (χ4n) is 7.12. The van der Waals surface area contributed by atoms with Crippen LogP contribution in [0.5, 0.6) is 0 Å². The minimum absolute atomic E-state index is 0.0233. The lowest BCUT2D eigenvalue weighted by Gasteiger charge is -2.36. The number of fused-ring (bicyclic) bond motifs is 1. The van der Waals surface area contributed by atoms with Gasteiger partial charge in [-0.05, 0) is 67.8 Å². The predicted octanol–water partition coefficient (Wildman–Crippen LogP) is 10.5. The number of H-pyrrole nitrogens is 1. The van der Waals surface area contributed by atoms with Crippen molar-refractivity contribution in [2.24, 2.45) is 5.41 Å². The zero-order valence-corrected chi connectivity index (χ0v) is 33.2. The van der Waals surface area contributed by atoms with Gasteiger partial charge >= 0.3 is 0 Å². The van der Waals surface area contributed by atoms with E-state index in [1.54, 1.807) is 42.7 Å². The first-order valence-electron chi connectivity index (χ1n) is 18.1. The molecular weight excluding hydrogens is 753 g/mol. The summed E-state index contributed by atoms with van der Waals surface area (Å²) in [6.07, 6.45) is 3.25. The van der Waals surface area contributed by atoms with Crippen molar-refractivity contribution in [2.45, 2.75) is 52.6 Å². The third-order valence-electron chi connectivity index (χ3n) is 10.1. The van der Waals surface area contributed by atoms with Crippen LogP contribution in [0.3, 0.4) is 0 Å². The van der Waals surface area contributed by atoms with Crippen molar-refractivity contribution in [3.05, 3.63) is 123 Å². The van der Waals surface area contributed by atoms with Gasteiger partial charge in [-0.25, -0.2) is 4.98 Å². The molecule has 9 nitrogen and oxygen atoms in total. The summed E-state index contributed by atoms with van der Waals surface area (Å²) in [6.45, 7) is 9.06. The summed E-state index contributed by atoms with van der Waals surface area (Å²) < 4.78 is 2.02. The summed E-state index contributed by atoms with van der Waals surface area (Å²) in [6, 6.07) is 28.0. The van der Waals surface area contributed by atoms with Crippen LogP contribution in [0.4, 0.5) is 11.4 Å². The normalized spacial score (nSPS) is 14.1. The number of anilines is 2. The molecule has 12 heteroatoms. The van der Waals surface area contributed by atoms with E-state index in [-0.39, 0.29) is 18.0 Å². The van der Waals surface area contributed by atoms with E-state index >= 15 is 0 Å². The van der Waals surface area contributed by atoms with Gasteiger partial charge in [0.15, 0.2) is 0 Å². The Morgan fingerprint density at radius 1 is 0.945 bits per heavy atom. The average Bonchev–Trinajstić information content (AvgIpc) is 3.76.